The average molecular weight is 205 g/mol. The second kappa shape index (κ2) is 7.21. The van der Waals surface area contributed by atoms with Crippen LogP contribution >= 0.6 is 11.8 Å². The van der Waals surface area contributed by atoms with Crippen molar-refractivity contribution in [2.45, 2.75) is 13.8 Å². The fraction of sp³-hybridized carbons (Fsp3) is 0.889. The molecule has 0 rings (SSSR count). The lowest BCUT2D eigenvalue weighted by Gasteiger charge is -2.21. The smallest absolute Gasteiger partial charge is 0.307 e. The maximum atomic E-state index is 10.6. The number of carboxylic acids is 1. The van der Waals surface area contributed by atoms with Crippen LogP contribution in [0, 0.1) is 5.92 Å². The van der Waals surface area contributed by atoms with Gasteiger partial charge in [-0.3, -0.25) is 4.79 Å². The minimum Gasteiger partial charge on any atom is -0.481 e. The second-order valence-corrected chi connectivity index (χ2v) is 4.11. The van der Waals surface area contributed by atoms with Crippen LogP contribution in [0.15, 0.2) is 0 Å². The van der Waals surface area contributed by atoms with Crippen LogP contribution in [0.5, 0.6) is 0 Å². The number of hydrogen-bond acceptors (Lipinski definition) is 3. The molecule has 4 heteroatoms. The van der Waals surface area contributed by atoms with Crippen molar-refractivity contribution in [2.24, 2.45) is 5.92 Å². The molecule has 0 aromatic rings. The zero-order valence-electron chi connectivity index (χ0n) is 8.62. The number of aliphatic carboxylic acids is 1. The van der Waals surface area contributed by atoms with Crippen LogP contribution in [0.25, 0.3) is 0 Å². The van der Waals surface area contributed by atoms with E-state index in [1.54, 1.807) is 18.7 Å². The van der Waals surface area contributed by atoms with Gasteiger partial charge in [-0.2, -0.15) is 11.8 Å². The summed E-state index contributed by atoms with van der Waals surface area (Å²) in [7, 11) is 0. The van der Waals surface area contributed by atoms with E-state index < -0.39 is 5.97 Å². The predicted molar refractivity (Wildman–Crippen MR) is 57.3 cm³/mol. The highest BCUT2D eigenvalue weighted by Crippen LogP contribution is 2.02. The fourth-order valence-corrected chi connectivity index (χ4v) is 1.51. The van der Waals surface area contributed by atoms with E-state index in [-0.39, 0.29) is 5.92 Å². The van der Waals surface area contributed by atoms with Crippen molar-refractivity contribution in [1.82, 2.24) is 4.90 Å². The summed E-state index contributed by atoms with van der Waals surface area (Å²) < 4.78 is 0. The maximum absolute atomic E-state index is 10.6. The summed E-state index contributed by atoms with van der Waals surface area (Å²) in [5.41, 5.74) is 0. The molecular weight excluding hydrogens is 186 g/mol. The first kappa shape index (κ1) is 12.8. The molecule has 0 bridgehead atoms. The first-order valence-corrected chi connectivity index (χ1v) is 5.95. The zero-order valence-corrected chi connectivity index (χ0v) is 9.43. The highest BCUT2D eigenvalue weighted by atomic mass is 32.2. The van der Waals surface area contributed by atoms with Crippen molar-refractivity contribution in [3.05, 3.63) is 0 Å². The zero-order chi connectivity index (χ0) is 10.3. The maximum Gasteiger partial charge on any atom is 0.307 e. The first-order valence-electron chi connectivity index (χ1n) is 4.55. The van der Waals surface area contributed by atoms with Gasteiger partial charge in [0.25, 0.3) is 0 Å². The fourth-order valence-electron chi connectivity index (χ4n) is 1.06. The molecule has 13 heavy (non-hydrogen) atoms. The van der Waals surface area contributed by atoms with Gasteiger partial charge in [-0.25, -0.2) is 0 Å². The van der Waals surface area contributed by atoms with E-state index in [1.807, 2.05) is 0 Å². The summed E-state index contributed by atoms with van der Waals surface area (Å²) in [5.74, 6) is 0.101. The normalized spacial score (nSPS) is 13.2. The summed E-state index contributed by atoms with van der Waals surface area (Å²) in [6, 6.07) is 0. The molecule has 0 aromatic heterocycles. The Kier molecular flexibility index (Phi) is 7.09. The van der Waals surface area contributed by atoms with Gasteiger partial charge in [-0.05, 0) is 12.8 Å². The Hall–Kier alpha value is -0.220. The Morgan fingerprint density at radius 2 is 2.23 bits per heavy atom. The van der Waals surface area contributed by atoms with Crippen LogP contribution in [0.1, 0.15) is 13.8 Å². The standard InChI is InChI=1S/C9H19NO2S/c1-4-10(5-6-13-3)7-8(2)9(11)12/h8H,4-7H2,1-3H3,(H,11,12). The third-order valence-electron chi connectivity index (χ3n) is 2.01. The molecule has 3 nitrogen and oxygen atoms in total. The molecule has 1 unspecified atom stereocenters. The largest absolute Gasteiger partial charge is 0.481 e. The minimum absolute atomic E-state index is 0.262. The number of nitrogens with zero attached hydrogens (tertiary/aromatic N) is 1. The van der Waals surface area contributed by atoms with Gasteiger partial charge in [0.15, 0.2) is 0 Å². The summed E-state index contributed by atoms with van der Waals surface area (Å²) >= 11 is 1.79. The Morgan fingerprint density at radius 3 is 2.62 bits per heavy atom. The predicted octanol–water partition coefficient (Wildman–Crippen LogP) is 1.39. The molecule has 0 heterocycles. The van der Waals surface area contributed by atoms with Gasteiger partial charge in [0.05, 0.1) is 5.92 Å². The van der Waals surface area contributed by atoms with Crippen LogP contribution < -0.4 is 0 Å². The molecular formula is C9H19NO2S. The monoisotopic (exact) mass is 205 g/mol. The molecule has 0 aliphatic rings. The molecule has 0 fully saturated rings. The van der Waals surface area contributed by atoms with Crippen LogP contribution in [-0.2, 0) is 4.79 Å². The molecule has 0 aliphatic carbocycles. The summed E-state index contributed by atoms with van der Waals surface area (Å²) in [4.78, 5) is 12.8. The first-order chi connectivity index (χ1) is 6.11. The summed E-state index contributed by atoms with van der Waals surface area (Å²) in [6.45, 7) is 6.39. The Bertz CT molecular complexity index is 153. The molecule has 0 aromatic carbocycles. The SMILES string of the molecule is CCN(CCSC)CC(C)C(=O)O. The van der Waals surface area contributed by atoms with Gasteiger partial charge in [0.2, 0.25) is 0 Å². The van der Waals surface area contributed by atoms with Gasteiger partial charge < -0.3 is 10.0 Å². The number of thioether (sulfide) groups is 1. The highest BCUT2D eigenvalue weighted by molar-refractivity contribution is 7.98. The summed E-state index contributed by atoms with van der Waals surface area (Å²) in [5, 5.41) is 8.72. The average Bonchev–Trinajstić information content (AvgIpc) is 2.11. The number of carbonyl (C=O) groups is 1. The van der Waals surface area contributed by atoms with Gasteiger partial charge in [0, 0.05) is 18.8 Å². The molecule has 0 aliphatic heterocycles. The van der Waals surface area contributed by atoms with Crippen LogP contribution in [0.4, 0.5) is 0 Å². The molecule has 0 saturated carbocycles. The summed E-state index contributed by atoms with van der Waals surface area (Å²) in [6.07, 6.45) is 2.06. The number of hydrogen-bond donors (Lipinski definition) is 1. The molecule has 78 valence electrons. The van der Waals surface area contributed by atoms with Crippen molar-refractivity contribution in [2.75, 3.05) is 31.6 Å². The van der Waals surface area contributed by atoms with E-state index in [0.717, 1.165) is 18.8 Å². The third kappa shape index (κ3) is 5.93. The van der Waals surface area contributed by atoms with Crippen molar-refractivity contribution < 1.29 is 9.90 Å². The lowest BCUT2D eigenvalue weighted by atomic mass is 10.2. The molecule has 0 radical (unpaired) electrons. The van der Waals surface area contributed by atoms with E-state index in [0.29, 0.717) is 6.54 Å². The Balaban J connectivity index is 3.75. The van der Waals surface area contributed by atoms with E-state index >= 15 is 0 Å². The van der Waals surface area contributed by atoms with Crippen molar-refractivity contribution in [1.29, 1.82) is 0 Å². The Labute approximate surface area is 84.5 Å². The van der Waals surface area contributed by atoms with Crippen LogP contribution in [0.2, 0.25) is 0 Å². The van der Waals surface area contributed by atoms with Gasteiger partial charge >= 0.3 is 5.97 Å². The minimum atomic E-state index is -0.706. The van der Waals surface area contributed by atoms with E-state index in [9.17, 15) is 4.79 Å². The molecule has 1 N–H and O–H groups in total. The van der Waals surface area contributed by atoms with Gasteiger partial charge in [-0.15, -0.1) is 0 Å². The number of rotatable bonds is 7. The van der Waals surface area contributed by atoms with E-state index in [1.165, 1.54) is 0 Å². The second-order valence-electron chi connectivity index (χ2n) is 3.13. The molecule has 0 spiro atoms. The third-order valence-corrected chi connectivity index (χ3v) is 2.60. The number of carboxylic acid groups (broad SMARTS) is 1. The highest BCUT2D eigenvalue weighted by Gasteiger charge is 2.14. The molecule has 0 amide bonds. The van der Waals surface area contributed by atoms with Gasteiger partial charge in [-0.1, -0.05) is 13.8 Å². The molecule has 1 atom stereocenters. The van der Waals surface area contributed by atoms with Crippen molar-refractivity contribution >= 4 is 17.7 Å². The topological polar surface area (TPSA) is 40.5 Å². The van der Waals surface area contributed by atoms with Gasteiger partial charge in [0.1, 0.15) is 0 Å². The Morgan fingerprint density at radius 1 is 1.62 bits per heavy atom. The lowest BCUT2D eigenvalue weighted by Crippen LogP contribution is -2.33. The lowest BCUT2D eigenvalue weighted by molar-refractivity contribution is -0.141. The van der Waals surface area contributed by atoms with E-state index in [2.05, 4.69) is 18.1 Å². The quantitative estimate of drug-likeness (QED) is 0.682. The van der Waals surface area contributed by atoms with Crippen molar-refractivity contribution in [3.63, 3.8) is 0 Å². The van der Waals surface area contributed by atoms with Crippen LogP contribution in [-0.4, -0.2) is 47.6 Å². The van der Waals surface area contributed by atoms with Crippen LogP contribution in [0.3, 0.4) is 0 Å². The molecule has 0 saturated heterocycles. The van der Waals surface area contributed by atoms with E-state index in [4.69, 9.17) is 5.11 Å². The van der Waals surface area contributed by atoms with Crippen molar-refractivity contribution in [3.8, 4) is 0 Å².